The molecular weight excluding hydrogens is 318 g/mol. The predicted molar refractivity (Wildman–Crippen MR) is 81.3 cm³/mol. The third kappa shape index (κ3) is 3.67. The summed E-state index contributed by atoms with van der Waals surface area (Å²) in [5.74, 6) is -1.30. The number of thioether (sulfide) groups is 1. The van der Waals surface area contributed by atoms with Crippen molar-refractivity contribution in [2.24, 2.45) is 11.8 Å². The normalized spacial score (nSPS) is 24.0. The van der Waals surface area contributed by atoms with Crippen LogP contribution in [0.15, 0.2) is 29.2 Å². The minimum Gasteiger partial charge on any atom is -0.338 e. The highest BCUT2D eigenvalue weighted by molar-refractivity contribution is 7.99. The number of hydrogen-bond acceptors (Lipinski definition) is 3. The highest BCUT2D eigenvalue weighted by Gasteiger charge is 2.38. The maximum atomic E-state index is 12.4. The summed E-state index contributed by atoms with van der Waals surface area (Å²) in [6.45, 7) is 3.56. The number of halogens is 3. The number of benzene rings is 1. The molecule has 2 heterocycles. The molecule has 0 saturated carbocycles. The average molecular weight is 335 g/mol. The number of carbonyl (C=O) groups is 1. The maximum Gasteiger partial charge on any atom is 0.288 e. The van der Waals surface area contributed by atoms with E-state index in [9.17, 15) is 13.6 Å². The molecule has 0 bridgehead atoms. The first-order valence-electron chi connectivity index (χ1n) is 6.68. The second-order valence-electron chi connectivity index (χ2n) is 5.29. The number of amides is 1. The van der Waals surface area contributed by atoms with E-state index in [4.69, 9.17) is 0 Å². The molecule has 3 rings (SSSR count). The van der Waals surface area contributed by atoms with Gasteiger partial charge in [0.1, 0.15) is 0 Å². The van der Waals surface area contributed by atoms with Gasteiger partial charge in [-0.1, -0.05) is 11.8 Å². The topological polar surface area (TPSA) is 32.3 Å². The van der Waals surface area contributed by atoms with Gasteiger partial charge >= 0.3 is 0 Å². The van der Waals surface area contributed by atoms with Gasteiger partial charge in [0.25, 0.3) is 11.7 Å². The third-order valence-corrected chi connectivity index (χ3v) is 4.73. The summed E-state index contributed by atoms with van der Waals surface area (Å²) in [4.78, 5) is 14.7. The standard InChI is InChI=1S/C14H16F2N2OS.ClH/c15-14(16)20-12-3-1-9(2-4-12)13(19)18-7-10-5-17-6-11(10)8-18;/h1-4,10-11,14,17H,5-8H2;1H/t10-,11+;. The number of rotatable bonds is 3. The number of fused-ring (bicyclic) bond motifs is 1. The molecule has 2 saturated heterocycles. The molecule has 116 valence electrons. The predicted octanol–water partition coefficient (Wildman–Crippen LogP) is 2.71. The Kier molecular flexibility index (Phi) is 5.46. The van der Waals surface area contributed by atoms with Crippen LogP contribution in [0.3, 0.4) is 0 Å². The second-order valence-corrected chi connectivity index (χ2v) is 6.35. The molecule has 0 aromatic heterocycles. The number of carbonyl (C=O) groups excluding carboxylic acids is 1. The van der Waals surface area contributed by atoms with Crippen molar-refractivity contribution in [1.29, 1.82) is 0 Å². The van der Waals surface area contributed by atoms with E-state index in [0.29, 0.717) is 34.1 Å². The molecule has 0 aliphatic carbocycles. The van der Waals surface area contributed by atoms with Crippen molar-refractivity contribution in [3.8, 4) is 0 Å². The number of nitrogens with zero attached hydrogens (tertiary/aromatic N) is 1. The average Bonchev–Trinajstić information content (AvgIpc) is 2.98. The Morgan fingerprint density at radius 3 is 2.29 bits per heavy atom. The fourth-order valence-electron chi connectivity index (χ4n) is 2.98. The number of alkyl halides is 2. The van der Waals surface area contributed by atoms with E-state index in [0.717, 1.165) is 26.2 Å². The zero-order valence-corrected chi connectivity index (χ0v) is 12.9. The minimum absolute atomic E-state index is 0. The Morgan fingerprint density at radius 1 is 1.19 bits per heavy atom. The van der Waals surface area contributed by atoms with E-state index in [1.165, 1.54) is 0 Å². The van der Waals surface area contributed by atoms with Crippen LogP contribution in [-0.2, 0) is 0 Å². The molecule has 2 fully saturated rings. The quantitative estimate of drug-likeness (QED) is 0.863. The van der Waals surface area contributed by atoms with Crippen molar-refractivity contribution >= 4 is 30.1 Å². The summed E-state index contributed by atoms with van der Waals surface area (Å²) < 4.78 is 24.5. The molecule has 21 heavy (non-hydrogen) atoms. The summed E-state index contributed by atoms with van der Waals surface area (Å²) in [6, 6.07) is 6.45. The second kappa shape index (κ2) is 6.94. The summed E-state index contributed by atoms with van der Waals surface area (Å²) in [5.41, 5.74) is 0.580. The van der Waals surface area contributed by atoms with Crippen LogP contribution in [0.4, 0.5) is 8.78 Å². The Bertz CT molecular complexity index is 488. The van der Waals surface area contributed by atoms with Crippen LogP contribution in [0.25, 0.3) is 0 Å². The lowest BCUT2D eigenvalue weighted by atomic mass is 10.0. The van der Waals surface area contributed by atoms with Crippen molar-refractivity contribution in [1.82, 2.24) is 10.2 Å². The van der Waals surface area contributed by atoms with E-state index in [-0.39, 0.29) is 18.3 Å². The largest absolute Gasteiger partial charge is 0.338 e. The van der Waals surface area contributed by atoms with Crippen LogP contribution in [0.2, 0.25) is 0 Å². The van der Waals surface area contributed by atoms with Crippen molar-refractivity contribution in [3.63, 3.8) is 0 Å². The van der Waals surface area contributed by atoms with Gasteiger partial charge in [-0.3, -0.25) is 4.79 Å². The minimum atomic E-state index is -2.43. The Morgan fingerprint density at radius 2 is 1.76 bits per heavy atom. The van der Waals surface area contributed by atoms with Gasteiger partial charge in [-0.05, 0) is 36.1 Å². The van der Waals surface area contributed by atoms with E-state index in [1.54, 1.807) is 24.3 Å². The molecule has 0 radical (unpaired) electrons. The van der Waals surface area contributed by atoms with Crippen LogP contribution in [0, 0.1) is 11.8 Å². The van der Waals surface area contributed by atoms with Gasteiger partial charge < -0.3 is 10.2 Å². The van der Waals surface area contributed by atoms with Crippen LogP contribution in [-0.4, -0.2) is 42.7 Å². The molecule has 3 nitrogen and oxygen atoms in total. The Balaban J connectivity index is 0.00000161. The SMILES string of the molecule is Cl.O=C(c1ccc(SC(F)F)cc1)N1C[C@H]2CNC[C@H]2C1. The molecular formula is C14H17ClF2N2OS. The van der Waals surface area contributed by atoms with Gasteiger partial charge in [-0.2, -0.15) is 8.78 Å². The Labute approximate surface area is 132 Å². The van der Waals surface area contributed by atoms with Gasteiger partial charge in [-0.25, -0.2) is 0 Å². The van der Waals surface area contributed by atoms with Crippen LogP contribution < -0.4 is 5.32 Å². The van der Waals surface area contributed by atoms with E-state index >= 15 is 0 Å². The van der Waals surface area contributed by atoms with E-state index in [2.05, 4.69) is 5.32 Å². The summed E-state index contributed by atoms with van der Waals surface area (Å²) in [5, 5.41) is 3.34. The molecule has 2 atom stereocenters. The smallest absolute Gasteiger partial charge is 0.288 e. The molecule has 1 N–H and O–H groups in total. The highest BCUT2D eigenvalue weighted by Crippen LogP contribution is 2.28. The lowest BCUT2D eigenvalue weighted by molar-refractivity contribution is 0.0781. The van der Waals surface area contributed by atoms with Crippen LogP contribution in [0.1, 0.15) is 10.4 Å². The van der Waals surface area contributed by atoms with Crippen molar-refractivity contribution in [3.05, 3.63) is 29.8 Å². The van der Waals surface area contributed by atoms with Gasteiger partial charge in [0.05, 0.1) is 0 Å². The molecule has 7 heteroatoms. The molecule has 2 aliphatic rings. The fraction of sp³-hybridized carbons (Fsp3) is 0.500. The summed E-state index contributed by atoms with van der Waals surface area (Å²) in [6.07, 6.45) is 0. The third-order valence-electron chi connectivity index (χ3n) is 4.00. The molecule has 0 spiro atoms. The van der Waals surface area contributed by atoms with Gasteiger partial charge in [0, 0.05) is 36.6 Å². The van der Waals surface area contributed by atoms with Crippen molar-refractivity contribution in [2.45, 2.75) is 10.7 Å². The first-order valence-corrected chi connectivity index (χ1v) is 7.56. The first-order chi connectivity index (χ1) is 9.63. The van der Waals surface area contributed by atoms with Crippen molar-refractivity contribution in [2.75, 3.05) is 26.2 Å². The zero-order chi connectivity index (χ0) is 14.1. The highest BCUT2D eigenvalue weighted by atomic mass is 35.5. The molecule has 1 aromatic carbocycles. The monoisotopic (exact) mass is 334 g/mol. The number of nitrogens with one attached hydrogen (secondary N) is 1. The van der Waals surface area contributed by atoms with Gasteiger partial charge in [-0.15, -0.1) is 12.4 Å². The fourth-order valence-corrected chi connectivity index (χ4v) is 3.48. The maximum absolute atomic E-state index is 12.4. The summed E-state index contributed by atoms with van der Waals surface area (Å²) >= 11 is 0.498. The van der Waals surface area contributed by atoms with Gasteiger partial charge in [0.2, 0.25) is 0 Å². The first kappa shape index (κ1) is 16.5. The molecule has 1 amide bonds. The van der Waals surface area contributed by atoms with Gasteiger partial charge in [0.15, 0.2) is 0 Å². The van der Waals surface area contributed by atoms with Crippen LogP contribution in [0.5, 0.6) is 0 Å². The summed E-state index contributed by atoms with van der Waals surface area (Å²) in [7, 11) is 0. The van der Waals surface area contributed by atoms with E-state index in [1.807, 2.05) is 4.90 Å². The lowest BCUT2D eigenvalue weighted by Gasteiger charge is -2.17. The zero-order valence-electron chi connectivity index (χ0n) is 11.3. The molecule has 2 aliphatic heterocycles. The van der Waals surface area contributed by atoms with Crippen LogP contribution >= 0.6 is 24.2 Å². The van der Waals surface area contributed by atoms with E-state index < -0.39 is 5.76 Å². The van der Waals surface area contributed by atoms with Crippen molar-refractivity contribution < 1.29 is 13.6 Å². The Hall–Kier alpha value is -0.850. The number of likely N-dealkylation sites (tertiary alicyclic amines) is 1. The molecule has 1 aromatic rings. The number of hydrogen-bond donors (Lipinski definition) is 1. The lowest BCUT2D eigenvalue weighted by Crippen LogP contribution is -2.31. The molecule has 0 unspecified atom stereocenters.